The second kappa shape index (κ2) is 3.67. The molecule has 0 aromatic carbocycles. The van der Waals surface area contributed by atoms with Crippen LogP contribution in [0.3, 0.4) is 0 Å². The van der Waals surface area contributed by atoms with E-state index in [4.69, 9.17) is 4.74 Å². The Hall–Kier alpha value is -0.300. The zero-order valence-corrected chi connectivity index (χ0v) is 5.97. The van der Waals surface area contributed by atoms with E-state index in [0.29, 0.717) is 0 Å². The van der Waals surface area contributed by atoms with Gasteiger partial charge in [0.25, 0.3) is 0 Å². The van der Waals surface area contributed by atoms with E-state index in [9.17, 15) is 0 Å². The fourth-order valence-electron chi connectivity index (χ4n) is 1.18. The highest BCUT2D eigenvalue weighted by Crippen LogP contribution is 2.15. The summed E-state index contributed by atoms with van der Waals surface area (Å²) < 4.78 is 5.21. The van der Waals surface area contributed by atoms with E-state index >= 15 is 0 Å². The van der Waals surface area contributed by atoms with Gasteiger partial charge in [0.1, 0.15) is 0 Å². The highest BCUT2D eigenvalue weighted by molar-refractivity contribution is 4.86. The maximum Gasteiger partial charge on any atom is 0.0471 e. The van der Waals surface area contributed by atoms with Crippen LogP contribution < -0.4 is 0 Å². The predicted octanol–water partition coefficient (Wildman–Crippen LogP) is 1.99. The van der Waals surface area contributed by atoms with Crippen LogP contribution in [-0.4, -0.2) is 13.2 Å². The third kappa shape index (κ3) is 2.19. The zero-order chi connectivity index (χ0) is 6.53. The lowest BCUT2D eigenvalue weighted by Gasteiger charge is -2.18. The molecule has 1 aliphatic rings. The molecule has 0 aromatic rings. The van der Waals surface area contributed by atoms with E-state index in [0.717, 1.165) is 19.1 Å². The standard InChI is InChI=1S/C8H14O/c1-2-3-8-4-6-9-7-5-8/h2-3,8H,4-7H2,1H3/b3-2-. The van der Waals surface area contributed by atoms with E-state index in [2.05, 4.69) is 19.1 Å². The molecule has 9 heavy (non-hydrogen) atoms. The Balaban J connectivity index is 2.23. The van der Waals surface area contributed by atoms with Gasteiger partial charge in [-0.2, -0.15) is 0 Å². The smallest absolute Gasteiger partial charge is 0.0471 e. The molecule has 1 heterocycles. The molecular formula is C8H14O. The van der Waals surface area contributed by atoms with Gasteiger partial charge in [0.05, 0.1) is 0 Å². The van der Waals surface area contributed by atoms with Crippen LogP contribution in [0.2, 0.25) is 0 Å². The average Bonchev–Trinajstić information content (AvgIpc) is 1.91. The molecule has 0 spiro atoms. The number of hydrogen-bond acceptors (Lipinski definition) is 1. The first kappa shape index (κ1) is 6.81. The van der Waals surface area contributed by atoms with Gasteiger partial charge in [0, 0.05) is 13.2 Å². The lowest BCUT2D eigenvalue weighted by Crippen LogP contribution is -2.13. The third-order valence-corrected chi connectivity index (χ3v) is 1.73. The molecule has 1 heteroatoms. The monoisotopic (exact) mass is 126 g/mol. The summed E-state index contributed by atoms with van der Waals surface area (Å²) in [5.41, 5.74) is 0. The fourth-order valence-corrected chi connectivity index (χ4v) is 1.18. The van der Waals surface area contributed by atoms with Crippen LogP contribution in [0.1, 0.15) is 19.8 Å². The van der Waals surface area contributed by atoms with Crippen molar-refractivity contribution >= 4 is 0 Å². The summed E-state index contributed by atoms with van der Waals surface area (Å²) in [5.74, 6) is 0.795. The first-order valence-electron chi connectivity index (χ1n) is 3.64. The topological polar surface area (TPSA) is 9.23 Å². The van der Waals surface area contributed by atoms with Crippen molar-refractivity contribution in [3.8, 4) is 0 Å². The summed E-state index contributed by atoms with van der Waals surface area (Å²) in [6.45, 7) is 3.99. The molecule has 52 valence electrons. The van der Waals surface area contributed by atoms with Crippen molar-refractivity contribution in [2.45, 2.75) is 19.8 Å². The van der Waals surface area contributed by atoms with E-state index in [1.54, 1.807) is 0 Å². The van der Waals surface area contributed by atoms with Gasteiger partial charge in [-0.15, -0.1) is 0 Å². The van der Waals surface area contributed by atoms with Crippen LogP contribution >= 0.6 is 0 Å². The first-order valence-corrected chi connectivity index (χ1v) is 3.64. The van der Waals surface area contributed by atoms with Crippen LogP contribution in [0.4, 0.5) is 0 Å². The van der Waals surface area contributed by atoms with Crippen molar-refractivity contribution in [3.63, 3.8) is 0 Å². The van der Waals surface area contributed by atoms with Crippen molar-refractivity contribution in [3.05, 3.63) is 12.2 Å². The Labute approximate surface area is 56.7 Å². The zero-order valence-electron chi connectivity index (χ0n) is 5.97. The van der Waals surface area contributed by atoms with Crippen molar-refractivity contribution < 1.29 is 4.74 Å². The molecule has 0 amide bonds. The van der Waals surface area contributed by atoms with Gasteiger partial charge in [-0.05, 0) is 25.7 Å². The largest absolute Gasteiger partial charge is 0.381 e. The van der Waals surface area contributed by atoms with E-state index in [-0.39, 0.29) is 0 Å². The molecule has 1 nitrogen and oxygen atoms in total. The molecule has 1 fully saturated rings. The van der Waals surface area contributed by atoms with Crippen LogP contribution in [0.5, 0.6) is 0 Å². The summed E-state index contributed by atoms with van der Waals surface area (Å²) in [6, 6.07) is 0. The minimum atomic E-state index is 0.795. The lowest BCUT2D eigenvalue weighted by molar-refractivity contribution is 0.0785. The molecule has 0 unspecified atom stereocenters. The molecule has 0 atom stereocenters. The maximum absolute atomic E-state index is 5.21. The van der Waals surface area contributed by atoms with Gasteiger partial charge in [-0.3, -0.25) is 0 Å². The Kier molecular flexibility index (Phi) is 2.78. The van der Waals surface area contributed by atoms with Crippen LogP contribution in [0.15, 0.2) is 12.2 Å². The van der Waals surface area contributed by atoms with Crippen molar-refractivity contribution in [2.75, 3.05) is 13.2 Å². The molecular weight excluding hydrogens is 112 g/mol. The Bertz CT molecular complexity index is 90.7. The van der Waals surface area contributed by atoms with E-state index in [1.165, 1.54) is 12.8 Å². The van der Waals surface area contributed by atoms with Gasteiger partial charge in [0.15, 0.2) is 0 Å². The van der Waals surface area contributed by atoms with Crippen LogP contribution in [-0.2, 0) is 4.74 Å². The number of allylic oxidation sites excluding steroid dienone is 2. The summed E-state index contributed by atoms with van der Waals surface area (Å²) in [7, 11) is 0. The molecule has 1 aliphatic heterocycles. The van der Waals surface area contributed by atoms with Crippen molar-refractivity contribution in [1.29, 1.82) is 0 Å². The normalized spacial score (nSPS) is 23.2. The Morgan fingerprint density at radius 2 is 2.00 bits per heavy atom. The lowest BCUT2D eigenvalue weighted by atomic mass is 10.0. The molecule has 0 aromatic heterocycles. The molecule has 0 aliphatic carbocycles. The molecule has 0 saturated carbocycles. The minimum Gasteiger partial charge on any atom is -0.381 e. The summed E-state index contributed by atoms with van der Waals surface area (Å²) in [4.78, 5) is 0. The third-order valence-electron chi connectivity index (χ3n) is 1.73. The van der Waals surface area contributed by atoms with Crippen LogP contribution in [0, 0.1) is 5.92 Å². The summed E-state index contributed by atoms with van der Waals surface area (Å²) >= 11 is 0. The Morgan fingerprint density at radius 3 is 2.56 bits per heavy atom. The number of ether oxygens (including phenoxy) is 1. The summed E-state index contributed by atoms with van der Waals surface area (Å²) in [6.07, 6.45) is 6.84. The predicted molar refractivity (Wildman–Crippen MR) is 38.4 cm³/mol. The molecule has 0 radical (unpaired) electrons. The van der Waals surface area contributed by atoms with Crippen molar-refractivity contribution in [2.24, 2.45) is 5.92 Å². The van der Waals surface area contributed by atoms with Gasteiger partial charge in [-0.25, -0.2) is 0 Å². The van der Waals surface area contributed by atoms with E-state index < -0.39 is 0 Å². The minimum absolute atomic E-state index is 0.795. The molecule has 0 bridgehead atoms. The van der Waals surface area contributed by atoms with Crippen molar-refractivity contribution in [1.82, 2.24) is 0 Å². The fraction of sp³-hybridized carbons (Fsp3) is 0.750. The van der Waals surface area contributed by atoms with E-state index in [1.807, 2.05) is 0 Å². The average molecular weight is 126 g/mol. The van der Waals surface area contributed by atoms with Gasteiger partial charge < -0.3 is 4.74 Å². The number of hydrogen-bond donors (Lipinski definition) is 0. The Morgan fingerprint density at radius 1 is 1.33 bits per heavy atom. The quantitative estimate of drug-likeness (QED) is 0.488. The van der Waals surface area contributed by atoms with Crippen LogP contribution in [0.25, 0.3) is 0 Å². The summed E-state index contributed by atoms with van der Waals surface area (Å²) in [5, 5.41) is 0. The second-order valence-electron chi connectivity index (χ2n) is 2.48. The number of rotatable bonds is 1. The maximum atomic E-state index is 5.21. The van der Waals surface area contributed by atoms with Gasteiger partial charge >= 0.3 is 0 Å². The highest BCUT2D eigenvalue weighted by Gasteiger charge is 2.08. The first-order chi connectivity index (χ1) is 4.43. The SMILES string of the molecule is C/C=C\C1CCOCC1. The van der Waals surface area contributed by atoms with Gasteiger partial charge in [-0.1, -0.05) is 12.2 Å². The second-order valence-corrected chi connectivity index (χ2v) is 2.48. The molecule has 0 N–H and O–H groups in total. The molecule has 1 saturated heterocycles. The highest BCUT2D eigenvalue weighted by atomic mass is 16.5. The molecule has 1 rings (SSSR count). The van der Waals surface area contributed by atoms with Gasteiger partial charge in [0.2, 0.25) is 0 Å².